The van der Waals surface area contributed by atoms with Gasteiger partial charge in [0.15, 0.2) is 17.5 Å². The number of carbonyl (C=O) groups excluding carboxylic acids is 5. The highest BCUT2D eigenvalue weighted by atomic mass is 16.6. The summed E-state index contributed by atoms with van der Waals surface area (Å²) in [7, 11) is 0. The van der Waals surface area contributed by atoms with Crippen LogP contribution in [0.15, 0.2) is 71.8 Å². The molecule has 11 atom stereocenters. The number of ketones is 1. The van der Waals surface area contributed by atoms with E-state index in [1.807, 2.05) is 0 Å². The van der Waals surface area contributed by atoms with Gasteiger partial charge in [-0.1, -0.05) is 48.5 Å². The molecule has 15 heteroatoms. The number of amides is 1. The highest BCUT2D eigenvalue weighted by molar-refractivity contribution is 5.95. The van der Waals surface area contributed by atoms with E-state index in [1.165, 1.54) is 46.8 Å². The third kappa shape index (κ3) is 7.10. The first-order valence-corrected chi connectivity index (χ1v) is 19.3. The fraction of sp³-hybridized carbons (Fsp3) is 0.558. The number of aliphatic hydroxyl groups is 4. The molecule has 2 saturated carbocycles. The highest BCUT2D eigenvalue weighted by Crippen LogP contribution is 2.67. The van der Waals surface area contributed by atoms with Crippen LogP contribution < -0.4 is 5.32 Å². The molecule has 1 amide bonds. The summed E-state index contributed by atoms with van der Waals surface area (Å²) in [5.74, 6) is -5.18. The molecular weight excluding hydrogens is 754 g/mol. The molecule has 6 rings (SSSR count). The maximum absolute atomic E-state index is 14.9. The molecule has 4 aliphatic rings. The molecule has 5 N–H and O–H groups in total. The van der Waals surface area contributed by atoms with Gasteiger partial charge in [0.2, 0.25) is 0 Å². The van der Waals surface area contributed by atoms with Crippen molar-refractivity contribution in [2.24, 2.45) is 16.7 Å². The lowest BCUT2D eigenvalue weighted by molar-refractivity contribution is -0.337. The number of nitrogens with one attached hydrogen (secondary N) is 1. The number of carbonyl (C=O) groups is 5. The van der Waals surface area contributed by atoms with Crippen LogP contribution in [0.25, 0.3) is 0 Å². The number of hydrogen-bond acceptors (Lipinski definition) is 14. The summed E-state index contributed by atoms with van der Waals surface area (Å²) in [5, 5.41) is 50.7. The van der Waals surface area contributed by atoms with Crippen LogP contribution in [0.5, 0.6) is 0 Å². The van der Waals surface area contributed by atoms with E-state index in [-0.39, 0.29) is 29.7 Å². The second kappa shape index (κ2) is 15.2. The molecule has 0 unspecified atom stereocenters. The Labute approximate surface area is 336 Å². The van der Waals surface area contributed by atoms with Gasteiger partial charge in [0, 0.05) is 19.8 Å². The molecule has 3 fully saturated rings. The van der Waals surface area contributed by atoms with Gasteiger partial charge in [0.1, 0.15) is 30.0 Å². The van der Waals surface area contributed by atoms with Gasteiger partial charge in [-0.25, -0.2) is 14.4 Å². The van der Waals surface area contributed by atoms with Crippen LogP contribution in [-0.4, -0.2) is 110 Å². The van der Waals surface area contributed by atoms with E-state index in [4.69, 9.17) is 23.7 Å². The van der Waals surface area contributed by atoms with Crippen molar-refractivity contribution in [3.8, 4) is 0 Å². The quantitative estimate of drug-likeness (QED) is 0.139. The average Bonchev–Trinajstić information content (AvgIpc) is 3.42. The molecule has 0 radical (unpaired) electrons. The molecule has 2 aromatic carbocycles. The number of hydrogen-bond donors (Lipinski definition) is 5. The van der Waals surface area contributed by atoms with E-state index in [0.29, 0.717) is 5.56 Å². The zero-order chi connectivity index (χ0) is 42.7. The predicted molar refractivity (Wildman–Crippen MR) is 204 cm³/mol. The molecule has 3 aliphatic carbocycles. The van der Waals surface area contributed by atoms with Gasteiger partial charge in [-0.15, -0.1) is 0 Å². The number of esters is 3. The van der Waals surface area contributed by atoms with Gasteiger partial charge in [-0.05, 0) is 77.3 Å². The highest BCUT2D eigenvalue weighted by Gasteiger charge is 2.79. The first kappa shape index (κ1) is 42.9. The second-order valence-corrected chi connectivity index (χ2v) is 17.6. The molecule has 2 aromatic rings. The number of benzene rings is 2. The minimum absolute atomic E-state index is 0.0984. The Hall–Kier alpha value is -4.67. The third-order valence-corrected chi connectivity index (χ3v) is 12.4. The van der Waals surface area contributed by atoms with Gasteiger partial charge >= 0.3 is 24.0 Å². The van der Waals surface area contributed by atoms with Gasteiger partial charge in [0.25, 0.3) is 0 Å². The Morgan fingerprint density at radius 3 is 2.09 bits per heavy atom. The molecule has 1 heterocycles. The summed E-state index contributed by atoms with van der Waals surface area (Å²) in [6.45, 7) is 11.6. The van der Waals surface area contributed by atoms with Gasteiger partial charge in [-0.2, -0.15) is 0 Å². The van der Waals surface area contributed by atoms with Crippen LogP contribution >= 0.6 is 0 Å². The number of aliphatic hydroxyl groups excluding tert-OH is 3. The maximum Gasteiger partial charge on any atom is 0.408 e. The van der Waals surface area contributed by atoms with Crippen molar-refractivity contribution in [1.82, 2.24) is 5.32 Å². The monoisotopic (exact) mass is 807 g/mol. The molecular formula is C43H53NO14. The van der Waals surface area contributed by atoms with Crippen molar-refractivity contribution in [3.05, 3.63) is 82.9 Å². The SMILES string of the molecule is CC(=O)O[C@@]12CO[C@@H]1C[C@H](O)[C@@]1(C)C(=O)[C@H](O)C3=C(C)[C@@H](OC(=O)[C@H](O)[C@@H](NC(=O)OC(C)(C)C)c4ccccc4)C[C@]3(C(C)(C)O)[C@@H](OC(=O)c3ccccc3)[C@H]21. The van der Waals surface area contributed by atoms with Crippen molar-refractivity contribution in [2.75, 3.05) is 6.61 Å². The average molecular weight is 808 g/mol. The summed E-state index contributed by atoms with van der Waals surface area (Å²) < 4.78 is 29.8. The third-order valence-electron chi connectivity index (χ3n) is 12.4. The first-order valence-electron chi connectivity index (χ1n) is 19.3. The maximum atomic E-state index is 14.9. The molecule has 314 valence electrons. The van der Waals surface area contributed by atoms with Gasteiger partial charge in [0.05, 0.1) is 46.7 Å². The summed E-state index contributed by atoms with van der Waals surface area (Å²) in [5.41, 5.74) is -8.10. The zero-order valence-corrected chi connectivity index (χ0v) is 33.9. The summed E-state index contributed by atoms with van der Waals surface area (Å²) in [4.78, 5) is 69.0. The zero-order valence-electron chi connectivity index (χ0n) is 33.9. The van der Waals surface area contributed by atoms with Crippen LogP contribution in [-0.2, 0) is 38.1 Å². The normalized spacial score (nSPS) is 32.9. The molecule has 0 aromatic heterocycles. The lowest BCUT2D eigenvalue weighted by Gasteiger charge is -2.64. The molecule has 58 heavy (non-hydrogen) atoms. The fourth-order valence-corrected chi connectivity index (χ4v) is 9.69. The number of alkyl carbamates (subject to hydrolysis) is 1. The predicted octanol–water partition coefficient (Wildman–Crippen LogP) is 3.26. The van der Waals surface area contributed by atoms with Crippen LogP contribution in [0.1, 0.15) is 90.2 Å². The van der Waals surface area contributed by atoms with E-state index >= 15 is 0 Å². The van der Waals surface area contributed by atoms with Crippen molar-refractivity contribution < 1.29 is 68.1 Å². The van der Waals surface area contributed by atoms with E-state index in [2.05, 4.69) is 5.32 Å². The Morgan fingerprint density at radius 2 is 1.55 bits per heavy atom. The summed E-state index contributed by atoms with van der Waals surface area (Å²) in [6, 6.07) is 14.7. The standard InChI is InChI=1S/C43H53NO14/c1-22-26(55-37(51)32(48)30(24-15-11-9-12-16-24)44-38(52)58-39(3,4)5)20-42(40(6,7)53)29(22)31(47)34(49)41(8)27(46)19-28-43(21-54-28,57-23(2)45)33(41)35(42)56-36(50)25-17-13-10-14-18-25/h9-18,26-28,30-33,35,46-48,53H,19-21H2,1-8H3,(H,44,52)/t26-,27-,28+,30-,31+,32+,33-,35-,41+,42+,43-/m0/s1. The number of rotatable bonds is 9. The topological polar surface area (TPSA) is 224 Å². The number of ether oxygens (including phenoxy) is 5. The molecule has 15 nitrogen and oxygen atoms in total. The molecule has 1 saturated heterocycles. The number of Topliss-reactive ketones (excluding diaryl/α,β-unsaturated/α-hetero) is 1. The van der Waals surface area contributed by atoms with Gasteiger partial charge < -0.3 is 49.4 Å². The van der Waals surface area contributed by atoms with Crippen molar-refractivity contribution in [1.29, 1.82) is 0 Å². The summed E-state index contributed by atoms with van der Waals surface area (Å²) >= 11 is 0. The smallest absolute Gasteiger partial charge is 0.408 e. The largest absolute Gasteiger partial charge is 0.457 e. The first-order chi connectivity index (χ1) is 27.0. The van der Waals surface area contributed by atoms with Crippen molar-refractivity contribution in [3.63, 3.8) is 0 Å². The van der Waals surface area contributed by atoms with E-state index in [1.54, 1.807) is 69.3 Å². The number of fused-ring (bicyclic) bond motifs is 4. The minimum Gasteiger partial charge on any atom is -0.457 e. The molecule has 0 spiro atoms. The summed E-state index contributed by atoms with van der Waals surface area (Å²) in [6.07, 6.45) is -11.0. The Kier molecular flexibility index (Phi) is 11.2. The van der Waals surface area contributed by atoms with Crippen LogP contribution in [0.3, 0.4) is 0 Å². The van der Waals surface area contributed by atoms with Crippen LogP contribution in [0.4, 0.5) is 4.79 Å². The van der Waals surface area contributed by atoms with Crippen LogP contribution in [0, 0.1) is 16.7 Å². The van der Waals surface area contributed by atoms with Crippen molar-refractivity contribution >= 4 is 29.8 Å². The Bertz CT molecular complexity index is 1970. The Morgan fingerprint density at radius 1 is 0.948 bits per heavy atom. The lowest BCUT2D eigenvalue weighted by atomic mass is 9.50. The van der Waals surface area contributed by atoms with E-state index < -0.39 is 112 Å². The van der Waals surface area contributed by atoms with Crippen molar-refractivity contribution in [2.45, 2.75) is 128 Å². The Balaban J connectivity index is 1.49. The minimum atomic E-state index is -2.06. The van der Waals surface area contributed by atoms with E-state index in [9.17, 15) is 44.4 Å². The van der Waals surface area contributed by atoms with Gasteiger partial charge in [-0.3, -0.25) is 9.59 Å². The molecule has 1 aliphatic heterocycles. The molecule has 0 bridgehead atoms. The van der Waals surface area contributed by atoms with E-state index in [0.717, 1.165) is 0 Å². The van der Waals surface area contributed by atoms with Crippen LogP contribution in [0.2, 0.25) is 0 Å². The second-order valence-electron chi connectivity index (χ2n) is 17.6. The fourth-order valence-electron chi connectivity index (χ4n) is 9.69. The lowest BCUT2D eigenvalue weighted by Crippen LogP contribution is -2.78.